The average Bonchev–Trinajstić information content (AvgIpc) is 2.99. The summed E-state index contributed by atoms with van der Waals surface area (Å²) < 4.78 is 1.43. The van der Waals surface area contributed by atoms with Crippen LogP contribution in [0.1, 0.15) is 26.7 Å². The van der Waals surface area contributed by atoms with E-state index in [-0.39, 0.29) is 12.5 Å². The van der Waals surface area contributed by atoms with E-state index in [1.165, 1.54) is 16.6 Å². The van der Waals surface area contributed by atoms with Crippen LogP contribution >= 0.6 is 0 Å². The molecular formula is C14H24N6O. The molecule has 116 valence electrons. The van der Waals surface area contributed by atoms with Crippen LogP contribution in [0, 0.1) is 5.92 Å². The van der Waals surface area contributed by atoms with Crippen LogP contribution in [-0.2, 0) is 11.3 Å². The molecule has 0 unspecified atom stereocenters. The number of carbonyl (C=O) groups is 1. The third-order valence-corrected chi connectivity index (χ3v) is 3.96. The van der Waals surface area contributed by atoms with Crippen LogP contribution in [0.15, 0.2) is 18.0 Å². The molecule has 0 bridgehead atoms. The zero-order chi connectivity index (χ0) is 15.1. The number of hydrogen-bond donors (Lipinski definition) is 1. The Morgan fingerprint density at radius 2 is 2.14 bits per heavy atom. The lowest BCUT2D eigenvalue weighted by Crippen LogP contribution is -2.39. The Hall–Kier alpha value is -1.76. The molecule has 1 aliphatic heterocycles. The van der Waals surface area contributed by atoms with Gasteiger partial charge in [-0.1, -0.05) is 11.6 Å². The molecule has 0 aromatic carbocycles. The molecule has 1 aromatic heterocycles. The number of tetrazole rings is 1. The van der Waals surface area contributed by atoms with Gasteiger partial charge in [0.2, 0.25) is 5.91 Å². The first-order valence-corrected chi connectivity index (χ1v) is 7.49. The maximum Gasteiger partial charge on any atom is 0.241 e. The van der Waals surface area contributed by atoms with Gasteiger partial charge in [0.05, 0.1) is 0 Å². The highest BCUT2D eigenvalue weighted by atomic mass is 16.2. The Balaban J connectivity index is 1.63. The number of carbonyl (C=O) groups excluding carboxylic acids is 1. The molecule has 2 heterocycles. The molecule has 1 aliphatic rings. The summed E-state index contributed by atoms with van der Waals surface area (Å²) in [7, 11) is 0. The van der Waals surface area contributed by atoms with Crippen LogP contribution in [0.3, 0.4) is 0 Å². The number of allylic oxidation sites excluding steroid dienone is 1. The van der Waals surface area contributed by atoms with E-state index in [0.29, 0.717) is 5.92 Å². The van der Waals surface area contributed by atoms with Crippen LogP contribution in [0.25, 0.3) is 0 Å². The van der Waals surface area contributed by atoms with Crippen LogP contribution in [0.4, 0.5) is 0 Å². The van der Waals surface area contributed by atoms with Crippen molar-refractivity contribution in [1.29, 1.82) is 0 Å². The van der Waals surface area contributed by atoms with Gasteiger partial charge in [-0.3, -0.25) is 9.69 Å². The number of nitrogens with zero attached hydrogens (tertiary/aromatic N) is 5. The monoisotopic (exact) mass is 292 g/mol. The number of likely N-dealkylation sites (tertiary alicyclic amines) is 1. The summed E-state index contributed by atoms with van der Waals surface area (Å²) in [5.41, 5.74) is 1.42. The van der Waals surface area contributed by atoms with Crippen molar-refractivity contribution in [2.45, 2.75) is 33.2 Å². The molecule has 21 heavy (non-hydrogen) atoms. The number of piperidine rings is 1. The zero-order valence-corrected chi connectivity index (χ0v) is 12.8. The highest BCUT2D eigenvalue weighted by molar-refractivity contribution is 5.75. The number of hydrogen-bond acceptors (Lipinski definition) is 5. The lowest BCUT2D eigenvalue weighted by atomic mass is 9.96. The molecule has 0 saturated carbocycles. The minimum Gasteiger partial charge on any atom is -0.354 e. The summed E-state index contributed by atoms with van der Waals surface area (Å²) in [5, 5.41) is 13.7. The molecule has 0 atom stereocenters. The van der Waals surface area contributed by atoms with E-state index in [9.17, 15) is 4.79 Å². The summed E-state index contributed by atoms with van der Waals surface area (Å²) in [6.07, 6.45) is 5.90. The van der Waals surface area contributed by atoms with Gasteiger partial charge in [-0.05, 0) is 56.1 Å². The maximum absolute atomic E-state index is 11.8. The normalized spacial score (nSPS) is 17.9. The first kappa shape index (κ1) is 15.6. The van der Waals surface area contributed by atoms with Crippen LogP contribution < -0.4 is 5.32 Å². The van der Waals surface area contributed by atoms with Crippen molar-refractivity contribution in [3.8, 4) is 0 Å². The second-order valence-corrected chi connectivity index (χ2v) is 5.67. The highest BCUT2D eigenvalue weighted by Crippen LogP contribution is 2.17. The molecule has 1 N–H and O–H groups in total. The topological polar surface area (TPSA) is 75.9 Å². The van der Waals surface area contributed by atoms with Crippen molar-refractivity contribution >= 4 is 5.91 Å². The van der Waals surface area contributed by atoms with Crippen LogP contribution in [0.2, 0.25) is 0 Å². The van der Waals surface area contributed by atoms with E-state index >= 15 is 0 Å². The van der Waals surface area contributed by atoms with Gasteiger partial charge in [-0.25, -0.2) is 4.68 Å². The first-order valence-electron chi connectivity index (χ1n) is 7.49. The molecule has 0 spiro atoms. The number of amides is 1. The largest absolute Gasteiger partial charge is 0.354 e. The van der Waals surface area contributed by atoms with Crippen molar-refractivity contribution in [3.05, 3.63) is 18.0 Å². The third kappa shape index (κ3) is 5.26. The van der Waals surface area contributed by atoms with Crippen molar-refractivity contribution in [1.82, 2.24) is 30.4 Å². The van der Waals surface area contributed by atoms with Crippen molar-refractivity contribution in [3.63, 3.8) is 0 Å². The van der Waals surface area contributed by atoms with E-state index in [4.69, 9.17) is 0 Å². The molecule has 1 amide bonds. The highest BCUT2D eigenvalue weighted by Gasteiger charge is 2.19. The third-order valence-electron chi connectivity index (χ3n) is 3.96. The summed E-state index contributed by atoms with van der Waals surface area (Å²) in [5.74, 6) is 0.541. The van der Waals surface area contributed by atoms with Gasteiger partial charge in [0.15, 0.2) is 0 Å². The fraction of sp³-hybridized carbons (Fsp3) is 0.714. The van der Waals surface area contributed by atoms with Crippen molar-refractivity contribution in [2.24, 2.45) is 5.92 Å². The molecule has 7 nitrogen and oxygen atoms in total. The lowest BCUT2D eigenvalue weighted by Gasteiger charge is -2.32. The van der Waals surface area contributed by atoms with Gasteiger partial charge >= 0.3 is 0 Å². The smallest absolute Gasteiger partial charge is 0.241 e. The quantitative estimate of drug-likeness (QED) is 0.771. The minimum absolute atomic E-state index is 0.0329. The molecule has 0 aliphatic carbocycles. The van der Waals surface area contributed by atoms with E-state index in [0.717, 1.165) is 39.0 Å². The van der Waals surface area contributed by atoms with E-state index in [1.54, 1.807) is 0 Å². The molecule has 1 fully saturated rings. The summed E-state index contributed by atoms with van der Waals surface area (Å²) in [4.78, 5) is 14.2. The lowest BCUT2D eigenvalue weighted by molar-refractivity contribution is -0.122. The Morgan fingerprint density at radius 3 is 2.76 bits per heavy atom. The van der Waals surface area contributed by atoms with Gasteiger partial charge in [0.1, 0.15) is 12.9 Å². The predicted octanol–water partition coefficient (Wildman–Crippen LogP) is 0.468. The van der Waals surface area contributed by atoms with Gasteiger partial charge in [-0.2, -0.15) is 0 Å². The van der Waals surface area contributed by atoms with Crippen molar-refractivity contribution in [2.75, 3.05) is 26.2 Å². The van der Waals surface area contributed by atoms with E-state index in [1.807, 2.05) is 0 Å². The van der Waals surface area contributed by atoms with Gasteiger partial charge in [0, 0.05) is 13.1 Å². The molecule has 7 heteroatoms. The molecule has 1 saturated heterocycles. The van der Waals surface area contributed by atoms with E-state index in [2.05, 4.69) is 45.7 Å². The molecular weight excluding hydrogens is 268 g/mol. The molecule has 0 radical (unpaired) electrons. The molecule has 1 aromatic rings. The second-order valence-electron chi connectivity index (χ2n) is 5.67. The van der Waals surface area contributed by atoms with Crippen LogP contribution in [-0.4, -0.2) is 57.2 Å². The van der Waals surface area contributed by atoms with Gasteiger partial charge < -0.3 is 5.32 Å². The number of rotatable bonds is 6. The first-order chi connectivity index (χ1) is 10.2. The number of aromatic nitrogens is 4. The average molecular weight is 292 g/mol. The standard InChI is InChI=1S/C14H24N6O/c1-3-12(2)9-19-6-4-13(5-7-19)8-15-14(21)10-20-11-16-17-18-20/h3,11,13H,4-10H2,1-2H3,(H,15,21). The Bertz CT molecular complexity index is 462. The Labute approximate surface area is 125 Å². The van der Waals surface area contributed by atoms with Gasteiger partial charge in [0.25, 0.3) is 0 Å². The maximum atomic E-state index is 11.8. The van der Waals surface area contributed by atoms with E-state index < -0.39 is 0 Å². The fourth-order valence-electron chi connectivity index (χ4n) is 2.51. The minimum atomic E-state index is -0.0329. The fourth-order valence-corrected chi connectivity index (χ4v) is 2.51. The second kappa shape index (κ2) is 7.87. The number of nitrogens with one attached hydrogen (secondary N) is 1. The Kier molecular flexibility index (Phi) is 5.86. The molecule has 2 rings (SSSR count). The summed E-state index contributed by atoms with van der Waals surface area (Å²) in [6.45, 7) is 8.48. The summed E-state index contributed by atoms with van der Waals surface area (Å²) >= 11 is 0. The Morgan fingerprint density at radius 1 is 1.38 bits per heavy atom. The van der Waals surface area contributed by atoms with Crippen molar-refractivity contribution < 1.29 is 4.79 Å². The SMILES string of the molecule is CC=C(C)CN1CCC(CNC(=O)Cn2cnnn2)CC1. The van der Waals surface area contributed by atoms with Gasteiger partial charge in [-0.15, -0.1) is 5.10 Å². The zero-order valence-electron chi connectivity index (χ0n) is 12.8. The summed E-state index contributed by atoms with van der Waals surface area (Å²) in [6, 6.07) is 0. The predicted molar refractivity (Wildman–Crippen MR) is 79.4 cm³/mol. The van der Waals surface area contributed by atoms with Crippen LogP contribution in [0.5, 0.6) is 0 Å².